The lowest BCUT2D eigenvalue weighted by Gasteiger charge is -2.18. The molecule has 0 aromatic rings. The van der Waals surface area contributed by atoms with Crippen molar-refractivity contribution in [1.29, 1.82) is 0 Å². The van der Waals surface area contributed by atoms with Gasteiger partial charge in [0, 0.05) is 6.54 Å². The molecule has 6 N–H and O–H groups in total. The minimum Gasteiger partial charge on any atom is -0.481 e. The van der Waals surface area contributed by atoms with Crippen LogP contribution in [0.15, 0.2) is 0 Å². The second kappa shape index (κ2) is 9.23. The molecule has 0 aromatic carbocycles. The second-order valence-corrected chi connectivity index (χ2v) is 5.44. The summed E-state index contributed by atoms with van der Waals surface area (Å²) in [6.07, 6.45) is -2.29. The van der Waals surface area contributed by atoms with Crippen molar-refractivity contribution >= 4 is 28.0 Å². The van der Waals surface area contributed by atoms with Crippen molar-refractivity contribution in [3.63, 3.8) is 0 Å². The van der Waals surface area contributed by atoms with E-state index in [9.17, 15) is 22.8 Å². The molecule has 0 saturated carbocycles. The highest BCUT2D eigenvalue weighted by atomic mass is 32.2. The summed E-state index contributed by atoms with van der Waals surface area (Å²) < 4.78 is 27.9. The molecule has 0 spiro atoms. The smallest absolute Gasteiger partial charge is 0.336 e. The van der Waals surface area contributed by atoms with Gasteiger partial charge in [-0.25, -0.2) is 4.79 Å². The molecule has 0 fully saturated rings. The predicted octanol–water partition coefficient (Wildman–Crippen LogP) is -2.15. The number of hydrogen-bond acceptors (Lipinski definition) is 7. The van der Waals surface area contributed by atoms with Crippen molar-refractivity contribution in [3.05, 3.63) is 0 Å². The van der Waals surface area contributed by atoms with Crippen molar-refractivity contribution in [2.75, 3.05) is 19.3 Å². The Morgan fingerprint density at radius 1 is 1.05 bits per heavy atom. The highest BCUT2D eigenvalue weighted by Crippen LogP contribution is 2.15. The molecule has 0 heterocycles. The first-order valence-corrected chi connectivity index (χ1v) is 6.94. The maximum Gasteiger partial charge on any atom is 0.336 e. The summed E-state index contributed by atoms with van der Waals surface area (Å²) in [6, 6.07) is 0. The molecule has 0 aliphatic rings. The Kier molecular flexibility index (Phi) is 9.46. The summed E-state index contributed by atoms with van der Waals surface area (Å²) in [6.45, 7) is 0.291. The average molecular weight is 331 g/mol. The molecule has 0 amide bonds. The van der Waals surface area contributed by atoms with Gasteiger partial charge in [0.2, 0.25) is 0 Å². The van der Waals surface area contributed by atoms with Gasteiger partial charge in [-0.2, -0.15) is 8.42 Å². The normalized spacial score (nSPS) is 11.2. The van der Waals surface area contributed by atoms with E-state index in [0.717, 1.165) is 0 Å². The van der Waals surface area contributed by atoms with E-state index in [1.54, 1.807) is 7.05 Å². The van der Waals surface area contributed by atoms with Gasteiger partial charge in [-0.3, -0.25) is 14.1 Å². The van der Waals surface area contributed by atoms with Crippen LogP contribution >= 0.6 is 0 Å². The fraction of sp³-hybridized carbons (Fsp3) is 0.667. The SMILES string of the molecule is CNCCS(=O)(=O)O.O=C(O)CC(O)(CC(=O)O)C(=O)O. The molecular formula is C9H17NO10S. The zero-order chi connectivity index (χ0) is 17.3. The first-order valence-electron chi connectivity index (χ1n) is 5.33. The van der Waals surface area contributed by atoms with Crippen LogP contribution in [-0.4, -0.2) is 76.3 Å². The molecule has 0 aromatic heterocycles. The van der Waals surface area contributed by atoms with E-state index >= 15 is 0 Å². The van der Waals surface area contributed by atoms with E-state index in [1.807, 2.05) is 0 Å². The Morgan fingerprint density at radius 3 is 1.57 bits per heavy atom. The number of hydrogen-bond donors (Lipinski definition) is 6. The number of aliphatic hydroxyl groups is 1. The molecule has 12 heteroatoms. The van der Waals surface area contributed by atoms with Crippen LogP contribution in [0.1, 0.15) is 12.8 Å². The number of carbonyl (C=O) groups is 3. The first-order chi connectivity index (χ1) is 9.34. The number of aliphatic carboxylic acids is 3. The Hall–Kier alpha value is -1.76. The molecule has 0 aliphatic heterocycles. The molecule has 0 radical (unpaired) electrons. The zero-order valence-corrected chi connectivity index (χ0v) is 11.8. The maximum atomic E-state index is 10.3. The van der Waals surface area contributed by atoms with E-state index < -0.39 is 46.5 Å². The second-order valence-electron chi connectivity index (χ2n) is 3.87. The van der Waals surface area contributed by atoms with Crippen LogP contribution in [-0.2, 0) is 24.5 Å². The number of rotatable bonds is 8. The standard InChI is InChI=1S/C6H8O7.C3H9NO3S/c7-3(8)1-6(13,5(11)12)2-4(9)10;1-4-2-3-8(5,6)7/h13H,1-2H2,(H,7,8)(H,9,10)(H,11,12);4H,2-3H2,1H3,(H,5,6,7). The van der Waals surface area contributed by atoms with Gasteiger partial charge in [0.25, 0.3) is 10.1 Å². The highest BCUT2D eigenvalue weighted by Gasteiger charge is 2.40. The van der Waals surface area contributed by atoms with Crippen LogP contribution < -0.4 is 5.32 Å². The Bertz CT molecular complexity index is 455. The highest BCUT2D eigenvalue weighted by molar-refractivity contribution is 7.85. The molecular weight excluding hydrogens is 314 g/mol. The quantitative estimate of drug-likeness (QED) is 0.265. The third kappa shape index (κ3) is 13.0. The molecule has 0 aliphatic carbocycles. The fourth-order valence-electron chi connectivity index (χ4n) is 0.945. The summed E-state index contributed by atoms with van der Waals surface area (Å²) in [5.74, 6) is -5.24. The predicted molar refractivity (Wildman–Crippen MR) is 67.4 cm³/mol. The molecule has 0 rings (SSSR count). The van der Waals surface area contributed by atoms with Gasteiger partial charge in [-0.05, 0) is 7.05 Å². The third-order valence-electron chi connectivity index (χ3n) is 1.90. The van der Waals surface area contributed by atoms with E-state index in [4.69, 9.17) is 25.0 Å². The molecule has 0 unspecified atom stereocenters. The summed E-state index contributed by atoms with van der Waals surface area (Å²) in [7, 11) is -2.13. The summed E-state index contributed by atoms with van der Waals surface area (Å²) in [5.41, 5.74) is -2.74. The van der Waals surface area contributed by atoms with Gasteiger partial charge in [0.1, 0.15) is 0 Å². The van der Waals surface area contributed by atoms with Crippen molar-refractivity contribution in [3.8, 4) is 0 Å². The van der Waals surface area contributed by atoms with Crippen LogP contribution in [0.2, 0.25) is 0 Å². The van der Waals surface area contributed by atoms with E-state index in [0.29, 0.717) is 6.54 Å². The summed E-state index contributed by atoms with van der Waals surface area (Å²) >= 11 is 0. The largest absolute Gasteiger partial charge is 0.481 e. The van der Waals surface area contributed by atoms with Gasteiger partial charge in [-0.15, -0.1) is 0 Å². The van der Waals surface area contributed by atoms with Crippen LogP contribution in [0, 0.1) is 0 Å². The summed E-state index contributed by atoms with van der Waals surface area (Å²) in [4.78, 5) is 30.5. The minimum absolute atomic E-state index is 0.219. The van der Waals surface area contributed by atoms with Crippen molar-refractivity contribution < 1.29 is 47.8 Å². The molecule has 0 saturated heterocycles. The maximum absolute atomic E-state index is 10.3. The van der Waals surface area contributed by atoms with Crippen LogP contribution in [0.5, 0.6) is 0 Å². The van der Waals surface area contributed by atoms with Gasteiger partial charge < -0.3 is 25.7 Å². The number of nitrogens with one attached hydrogen (secondary N) is 1. The van der Waals surface area contributed by atoms with E-state index in [2.05, 4.69) is 5.32 Å². The lowest BCUT2D eigenvalue weighted by Crippen LogP contribution is -2.42. The molecule has 0 bridgehead atoms. The number of carboxylic acids is 3. The van der Waals surface area contributed by atoms with Crippen LogP contribution in [0.4, 0.5) is 0 Å². The van der Waals surface area contributed by atoms with Gasteiger partial charge >= 0.3 is 17.9 Å². The molecule has 11 nitrogen and oxygen atoms in total. The average Bonchev–Trinajstić information content (AvgIpc) is 2.23. The van der Waals surface area contributed by atoms with Crippen LogP contribution in [0.3, 0.4) is 0 Å². The van der Waals surface area contributed by atoms with Gasteiger partial charge in [0.05, 0.1) is 18.6 Å². The van der Waals surface area contributed by atoms with E-state index in [1.165, 1.54) is 0 Å². The fourth-order valence-corrected chi connectivity index (χ4v) is 1.41. The monoisotopic (exact) mass is 331 g/mol. The molecule has 0 atom stereocenters. The topological polar surface area (TPSA) is 199 Å². The Labute approximate surface area is 120 Å². The van der Waals surface area contributed by atoms with Gasteiger partial charge in [-0.1, -0.05) is 0 Å². The lowest BCUT2D eigenvalue weighted by atomic mass is 9.96. The minimum atomic E-state index is -3.75. The van der Waals surface area contributed by atoms with E-state index in [-0.39, 0.29) is 5.75 Å². The summed E-state index contributed by atoms with van der Waals surface area (Å²) in [5, 5.41) is 36.4. The lowest BCUT2D eigenvalue weighted by molar-refractivity contribution is -0.170. The Balaban J connectivity index is 0. The Morgan fingerprint density at radius 2 is 1.43 bits per heavy atom. The van der Waals surface area contributed by atoms with Crippen LogP contribution in [0.25, 0.3) is 0 Å². The van der Waals surface area contributed by atoms with Crippen molar-refractivity contribution in [2.45, 2.75) is 18.4 Å². The number of carboxylic acid groups (broad SMARTS) is 3. The van der Waals surface area contributed by atoms with Crippen molar-refractivity contribution in [2.24, 2.45) is 0 Å². The molecule has 124 valence electrons. The first kappa shape index (κ1) is 21.5. The van der Waals surface area contributed by atoms with Crippen molar-refractivity contribution in [1.82, 2.24) is 5.32 Å². The zero-order valence-electron chi connectivity index (χ0n) is 11.0. The molecule has 21 heavy (non-hydrogen) atoms. The third-order valence-corrected chi connectivity index (χ3v) is 2.62. The van der Waals surface area contributed by atoms with Gasteiger partial charge in [0.15, 0.2) is 5.60 Å².